The predicted octanol–water partition coefficient (Wildman–Crippen LogP) is 1.59. The lowest BCUT2D eigenvalue weighted by molar-refractivity contribution is -0.132. The summed E-state index contributed by atoms with van der Waals surface area (Å²) in [7, 11) is 1.96. The van der Waals surface area contributed by atoms with E-state index in [-0.39, 0.29) is 12.7 Å². The molecule has 0 saturated carbocycles. The third kappa shape index (κ3) is 4.14. The molecule has 1 saturated heterocycles. The van der Waals surface area contributed by atoms with Gasteiger partial charge in [-0.3, -0.25) is 9.69 Å². The first kappa shape index (κ1) is 17.6. The molecule has 0 radical (unpaired) electrons. The van der Waals surface area contributed by atoms with Crippen LogP contribution in [-0.2, 0) is 11.3 Å². The minimum atomic E-state index is 0.166. The number of pyridine rings is 1. The van der Waals surface area contributed by atoms with E-state index in [1.165, 1.54) is 0 Å². The lowest BCUT2D eigenvalue weighted by Gasteiger charge is -2.36. The third-order valence-corrected chi connectivity index (χ3v) is 4.90. The van der Waals surface area contributed by atoms with E-state index in [1.54, 1.807) is 6.20 Å². The number of hydrogen-bond acceptors (Lipinski definition) is 6. The fourth-order valence-electron chi connectivity index (χ4n) is 3.46. The van der Waals surface area contributed by atoms with Crippen LogP contribution >= 0.6 is 0 Å². The smallest absolute Gasteiger partial charge is 0.236 e. The summed E-state index contributed by atoms with van der Waals surface area (Å²) in [5, 5.41) is 0. The SMILES string of the molecule is CN(CC(=O)N1CCN(c2ccccn2)CC1)Cc1ccc2c(c1)OCO2. The van der Waals surface area contributed by atoms with Crippen LogP contribution in [0.5, 0.6) is 11.5 Å². The maximum atomic E-state index is 12.6. The highest BCUT2D eigenvalue weighted by atomic mass is 16.7. The summed E-state index contributed by atoms with van der Waals surface area (Å²) in [6.07, 6.45) is 1.80. The summed E-state index contributed by atoms with van der Waals surface area (Å²) in [4.78, 5) is 23.2. The van der Waals surface area contributed by atoms with E-state index < -0.39 is 0 Å². The number of ether oxygens (including phenoxy) is 2. The average Bonchev–Trinajstić information content (AvgIpc) is 3.16. The maximum absolute atomic E-state index is 12.6. The summed E-state index contributed by atoms with van der Waals surface area (Å²) in [5.41, 5.74) is 1.11. The van der Waals surface area contributed by atoms with Crippen molar-refractivity contribution in [3.05, 3.63) is 48.2 Å². The van der Waals surface area contributed by atoms with Crippen LogP contribution in [0.1, 0.15) is 5.56 Å². The highest BCUT2D eigenvalue weighted by molar-refractivity contribution is 5.78. The first-order chi connectivity index (χ1) is 13.2. The molecule has 0 bridgehead atoms. The van der Waals surface area contributed by atoms with Gasteiger partial charge in [0, 0.05) is 38.9 Å². The number of benzene rings is 1. The van der Waals surface area contributed by atoms with Crippen LogP contribution in [0.4, 0.5) is 5.82 Å². The minimum Gasteiger partial charge on any atom is -0.454 e. The van der Waals surface area contributed by atoms with Crippen molar-refractivity contribution in [2.45, 2.75) is 6.54 Å². The van der Waals surface area contributed by atoms with Crippen molar-refractivity contribution in [1.29, 1.82) is 0 Å². The highest BCUT2D eigenvalue weighted by Crippen LogP contribution is 2.32. The highest BCUT2D eigenvalue weighted by Gasteiger charge is 2.22. The van der Waals surface area contributed by atoms with E-state index in [1.807, 2.05) is 53.2 Å². The number of rotatable bonds is 5. The molecule has 0 aliphatic carbocycles. The second kappa shape index (κ2) is 7.84. The number of nitrogens with zero attached hydrogens (tertiary/aromatic N) is 4. The van der Waals surface area contributed by atoms with E-state index in [0.717, 1.165) is 49.1 Å². The van der Waals surface area contributed by atoms with Crippen LogP contribution < -0.4 is 14.4 Å². The van der Waals surface area contributed by atoms with Crippen molar-refractivity contribution >= 4 is 11.7 Å². The van der Waals surface area contributed by atoms with E-state index in [9.17, 15) is 4.79 Å². The molecule has 0 spiro atoms. The molecule has 0 N–H and O–H groups in total. The van der Waals surface area contributed by atoms with E-state index in [2.05, 4.69) is 9.88 Å². The third-order valence-electron chi connectivity index (χ3n) is 4.90. The van der Waals surface area contributed by atoms with Gasteiger partial charge in [-0.15, -0.1) is 0 Å². The van der Waals surface area contributed by atoms with Crippen molar-refractivity contribution in [1.82, 2.24) is 14.8 Å². The van der Waals surface area contributed by atoms with Gasteiger partial charge >= 0.3 is 0 Å². The van der Waals surface area contributed by atoms with Crippen LogP contribution in [0, 0.1) is 0 Å². The summed E-state index contributed by atoms with van der Waals surface area (Å²) in [6.45, 7) is 4.45. The predicted molar refractivity (Wildman–Crippen MR) is 102 cm³/mol. The standard InChI is InChI=1S/C20H24N4O3/c1-22(13-16-5-6-17-18(12-16)27-15-26-17)14-20(25)24-10-8-23(9-11-24)19-4-2-3-7-21-19/h2-7,12H,8-11,13-15H2,1H3. The number of carbonyl (C=O) groups is 1. The number of carbonyl (C=O) groups excluding carboxylic acids is 1. The van der Waals surface area contributed by atoms with Gasteiger partial charge in [0.15, 0.2) is 11.5 Å². The van der Waals surface area contributed by atoms with Gasteiger partial charge in [-0.05, 0) is 36.9 Å². The second-order valence-corrected chi connectivity index (χ2v) is 6.92. The van der Waals surface area contributed by atoms with E-state index in [4.69, 9.17) is 9.47 Å². The Bertz CT molecular complexity index is 791. The van der Waals surface area contributed by atoms with Crippen molar-refractivity contribution in [2.75, 3.05) is 51.5 Å². The first-order valence-corrected chi connectivity index (χ1v) is 9.20. The number of fused-ring (bicyclic) bond motifs is 1. The van der Waals surface area contributed by atoms with Crippen LogP contribution in [0.25, 0.3) is 0 Å². The molecule has 1 aromatic carbocycles. The largest absolute Gasteiger partial charge is 0.454 e. The molecule has 4 rings (SSSR count). The molecule has 27 heavy (non-hydrogen) atoms. The minimum absolute atomic E-state index is 0.166. The fourth-order valence-corrected chi connectivity index (χ4v) is 3.46. The Morgan fingerprint density at radius 1 is 1.11 bits per heavy atom. The van der Waals surface area contributed by atoms with Gasteiger partial charge in [-0.25, -0.2) is 4.98 Å². The monoisotopic (exact) mass is 368 g/mol. The van der Waals surface area contributed by atoms with Crippen LogP contribution in [0.15, 0.2) is 42.6 Å². The topological polar surface area (TPSA) is 58.1 Å². The summed E-state index contributed by atoms with van der Waals surface area (Å²) in [5.74, 6) is 2.70. The average molecular weight is 368 g/mol. The van der Waals surface area contributed by atoms with Crippen LogP contribution in [0.2, 0.25) is 0 Å². The number of piperazine rings is 1. The molecule has 142 valence electrons. The van der Waals surface area contributed by atoms with Crippen LogP contribution in [-0.4, -0.2) is 67.3 Å². The molecule has 2 aromatic rings. The van der Waals surface area contributed by atoms with Crippen molar-refractivity contribution in [3.8, 4) is 11.5 Å². The zero-order valence-corrected chi connectivity index (χ0v) is 15.5. The summed E-state index contributed by atoms with van der Waals surface area (Å²) < 4.78 is 10.8. The molecular formula is C20H24N4O3. The lowest BCUT2D eigenvalue weighted by Crippen LogP contribution is -2.51. The van der Waals surface area contributed by atoms with Gasteiger partial charge in [-0.1, -0.05) is 12.1 Å². The number of amides is 1. The second-order valence-electron chi connectivity index (χ2n) is 6.92. The Balaban J connectivity index is 1.27. The number of likely N-dealkylation sites (N-methyl/N-ethyl adjacent to an activating group) is 1. The van der Waals surface area contributed by atoms with Crippen molar-refractivity contribution in [2.24, 2.45) is 0 Å². The van der Waals surface area contributed by atoms with Crippen LogP contribution in [0.3, 0.4) is 0 Å². The molecule has 1 aromatic heterocycles. The summed E-state index contributed by atoms with van der Waals surface area (Å²) in [6, 6.07) is 11.8. The van der Waals surface area contributed by atoms with Gasteiger partial charge in [0.1, 0.15) is 5.82 Å². The molecule has 0 atom stereocenters. The number of hydrogen-bond donors (Lipinski definition) is 0. The number of aromatic nitrogens is 1. The molecule has 7 heteroatoms. The Kier molecular flexibility index (Phi) is 5.11. The van der Waals surface area contributed by atoms with Gasteiger partial charge in [-0.2, -0.15) is 0 Å². The Morgan fingerprint density at radius 3 is 2.70 bits per heavy atom. The maximum Gasteiger partial charge on any atom is 0.236 e. The molecule has 3 heterocycles. The van der Waals surface area contributed by atoms with Gasteiger partial charge in [0.05, 0.1) is 6.54 Å². The van der Waals surface area contributed by atoms with Crippen molar-refractivity contribution in [3.63, 3.8) is 0 Å². The van der Waals surface area contributed by atoms with Gasteiger partial charge in [0.25, 0.3) is 0 Å². The molecule has 2 aliphatic heterocycles. The zero-order valence-electron chi connectivity index (χ0n) is 15.5. The summed E-state index contributed by atoms with van der Waals surface area (Å²) >= 11 is 0. The molecule has 0 unspecified atom stereocenters. The van der Waals surface area contributed by atoms with Crippen molar-refractivity contribution < 1.29 is 14.3 Å². The Labute approximate surface area is 159 Å². The van der Waals surface area contributed by atoms with E-state index in [0.29, 0.717) is 13.1 Å². The lowest BCUT2D eigenvalue weighted by atomic mass is 10.2. The molecular weight excluding hydrogens is 344 g/mol. The van der Waals surface area contributed by atoms with Gasteiger partial charge < -0.3 is 19.3 Å². The number of anilines is 1. The zero-order chi connectivity index (χ0) is 18.6. The molecule has 2 aliphatic rings. The Hall–Kier alpha value is -2.80. The normalized spacial score (nSPS) is 16.1. The molecule has 1 fully saturated rings. The Morgan fingerprint density at radius 2 is 1.93 bits per heavy atom. The first-order valence-electron chi connectivity index (χ1n) is 9.20. The molecule has 7 nitrogen and oxygen atoms in total. The quantitative estimate of drug-likeness (QED) is 0.799. The fraction of sp³-hybridized carbons (Fsp3) is 0.400. The van der Waals surface area contributed by atoms with E-state index >= 15 is 0 Å². The molecule has 1 amide bonds. The van der Waals surface area contributed by atoms with Gasteiger partial charge in [0.2, 0.25) is 12.7 Å².